The number of ether oxygens (including phenoxy) is 1. The van der Waals surface area contributed by atoms with Gasteiger partial charge in [-0.25, -0.2) is 19.7 Å². The minimum atomic E-state index is -0.427. The first-order chi connectivity index (χ1) is 69.9. The molecule has 0 bridgehead atoms. The number of fused-ring (bicyclic) bond motifs is 7. The number of hydrogen-bond donors (Lipinski definition) is 1. The Kier molecular flexibility index (Phi) is 35.4. The summed E-state index contributed by atoms with van der Waals surface area (Å²) >= 11 is 9.95. The Bertz CT molecular complexity index is 7950. The fourth-order valence-corrected chi connectivity index (χ4v) is 20.2. The standard InChI is InChI=1S/C28H28N3O2S.C22H18N2O2.C19H18N2.C18H15NO2.C17H18N2OS3.C17H13N.BrH/c1-4-29-18-17-20(21-11-7-8-12-22(21)29)15-16-25-28(32)31(6-3)27(34-25)19-26-30(5-2)23-13-9-10-14-24(23)33-26;1-2-24-18(13-12-16-8-6-7-11-20(16)24)14-15-19-21(23-26-22(19)25)17-9-4-3-5-10-17;1-21(2)18-13-8-15(9-14-18)7-11-17-12-10-16-5-3-4-6-19(16)20-17;1-21-18-12-13(7-11-17(18)20)6-9-15-10-8-14-4-2-3-5-16(14)19-15;1-4-18-12-8-6-7-9-13(12)22-14(18)10-11(3)15-16(20)19(5-2)17(21)23-15;1-2-6-14(7-3-1)10-12-16-13-11-15-8-4-5-9-17(15)18-16;/h7-19H,4-6H2,1-3H3;3-15H,2H2,1H3;3-14H,1-2H3;2-12,20H,1H3;6-10H,4-5H2,1-3H3;1-13H;1H/q+1;;;;;;/p-1/b20-15+,25-16+;18-14+,19-15-;11-7+;9-6+;14-10-,15-11+;12-10+;. The van der Waals surface area contributed by atoms with Crippen LogP contribution in [-0.2, 0) is 27.5 Å². The topological polar surface area (TPSA) is 179 Å². The second kappa shape index (κ2) is 49.7. The van der Waals surface area contributed by atoms with E-state index in [1.165, 1.54) is 85.2 Å². The highest BCUT2D eigenvalue weighted by atomic mass is 79.9. The molecule has 0 aliphatic carbocycles. The molecule has 1 fully saturated rings. The van der Waals surface area contributed by atoms with Crippen LogP contribution in [0.3, 0.4) is 0 Å². The molecular formula is C121H110BrN11O7S4. The lowest BCUT2D eigenvalue weighted by molar-refractivity contribution is -0.674. The average Bonchev–Trinajstić information content (AvgIpc) is 1.65. The van der Waals surface area contributed by atoms with Crippen LogP contribution in [0.25, 0.3) is 104 Å². The van der Waals surface area contributed by atoms with Crippen molar-refractivity contribution < 1.29 is 50.2 Å². The van der Waals surface area contributed by atoms with Gasteiger partial charge in [-0.15, -0.1) is 11.3 Å². The number of amides is 1. The largest absolute Gasteiger partial charge is 1.00 e. The van der Waals surface area contributed by atoms with Crippen molar-refractivity contribution >= 4 is 196 Å². The number of halogens is 1. The number of allylic oxidation sites excluding steroid dienone is 8. The molecule has 10 heterocycles. The third-order valence-corrected chi connectivity index (χ3v) is 27.8. The van der Waals surface area contributed by atoms with E-state index in [1.54, 1.807) is 34.9 Å². The van der Waals surface area contributed by atoms with Crippen LogP contribution in [0.1, 0.15) is 105 Å². The quantitative estimate of drug-likeness (QED) is 0.0349. The average molecular weight is 2040 g/mol. The highest BCUT2D eigenvalue weighted by Gasteiger charge is 2.34. The number of pyridine rings is 3. The Morgan fingerprint density at radius 3 is 1.68 bits per heavy atom. The molecule has 1 amide bonds. The summed E-state index contributed by atoms with van der Waals surface area (Å²) in [6.45, 7) is 19.1. The van der Waals surface area contributed by atoms with Gasteiger partial charge < -0.3 is 55.7 Å². The summed E-state index contributed by atoms with van der Waals surface area (Å²) in [5, 5.41) is 18.2. The van der Waals surface area contributed by atoms with Crippen molar-refractivity contribution in [2.24, 2.45) is 5.16 Å². The van der Waals surface area contributed by atoms with E-state index < -0.39 is 5.97 Å². The zero-order valence-electron chi connectivity index (χ0n) is 81.8. The molecule has 16 aromatic rings. The normalized spacial score (nSPS) is 15.2. The second-order valence-electron chi connectivity index (χ2n) is 33.4. The highest BCUT2D eigenvalue weighted by molar-refractivity contribution is 8.26. The van der Waals surface area contributed by atoms with Crippen molar-refractivity contribution in [1.29, 1.82) is 0 Å². The number of methoxy groups -OCH3 is 1. The summed E-state index contributed by atoms with van der Waals surface area (Å²) in [5.41, 5.74) is 23.3. The summed E-state index contributed by atoms with van der Waals surface area (Å²) in [6.07, 6.45) is 32.3. The molecule has 21 rings (SSSR count). The Morgan fingerprint density at radius 2 is 1.08 bits per heavy atom. The zero-order chi connectivity index (χ0) is 99.7. The summed E-state index contributed by atoms with van der Waals surface area (Å²) < 4.78 is 17.4. The van der Waals surface area contributed by atoms with Crippen LogP contribution in [0, 0.1) is 0 Å². The predicted octanol–water partition coefficient (Wildman–Crippen LogP) is 23.0. The number of oxazole rings is 1. The lowest BCUT2D eigenvalue weighted by Crippen LogP contribution is -3.00. The fraction of sp³-hybridized carbons (Fsp3) is 0.132. The zero-order valence-corrected chi connectivity index (χ0v) is 86.6. The number of aryl methyl sites for hydroxylation is 1. The third-order valence-electron chi connectivity index (χ3n) is 24.0. The number of rotatable bonds is 19. The Labute approximate surface area is 868 Å². The number of carbonyl (C=O) groups excluding carboxylic acids is 2. The van der Waals surface area contributed by atoms with E-state index in [9.17, 15) is 19.5 Å². The van der Waals surface area contributed by atoms with Crippen molar-refractivity contribution in [2.45, 2.75) is 66.5 Å². The predicted molar refractivity (Wildman–Crippen MR) is 601 cm³/mol. The Balaban J connectivity index is 0.000000131. The Hall–Kier alpha value is -15.6. The van der Waals surface area contributed by atoms with E-state index in [-0.39, 0.29) is 34.2 Å². The van der Waals surface area contributed by atoms with Crippen LogP contribution in [-0.4, -0.2) is 98.8 Å². The number of para-hydroxylation sites is 8. The van der Waals surface area contributed by atoms with Gasteiger partial charge in [0.15, 0.2) is 11.5 Å². The second-order valence-corrected chi connectivity index (χ2v) is 37.2. The minimum Gasteiger partial charge on any atom is -1.00 e. The van der Waals surface area contributed by atoms with E-state index in [2.05, 4.69) is 254 Å². The monoisotopic (exact) mass is 2040 g/mol. The van der Waals surface area contributed by atoms with Crippen molar-refractivity contribution in [3.8, 4) is 11.5 Å². The first-order valence-corrected chi connectivity index (χ1v) is 50.5. The van der Waals surface area contributed by atoms with Crippen molar-refractivity contribution in [3.63, 3.8) is 0 Å². The number of hydrogen-bond acceptors (Lipinski definition) is 19. The molecule has 1 N–H and O–H groups in total. The van der Waals surface area contributed by atoms with Crippen LogP contribution in [0.5, 0.6) is 11.5 Å². The van der Waals surface area contributed by atoms with Crippen molar-refractivity contribution in [3.05, 3.63) is 455 Å². The number of oxime groups is 1. The smallest absolute Gasteiger partial charge is 0.377 e. The number of nitrogens with zero attached hydrogens (tertiary/aromatic N) is 11. The number of aromatic hydroxyl groups is 1. The van der Waals surface area contributed by atoms with Gasteiger partial charge in [0.1, 0.15) is 21.2 Å². The number of likely N-dealkylation sites (N-methyl/N-ethyl adjacent to an activating group) is 2. The molecule has 0 atom stereocenters. The van der Waals surface area contributed by atoms with Crippen molar-refractivity contribution in [2.75, 3.05) is 67.0 Å². The summed E-state index contributed by atoms with van der Waals surface area (Å²) in [4.78, 5) is 69.0. The number of thioether (sulfide) groups is 2. The molecule has 144 heavy (non-hydrogen) atoms. The molecular weight excluding hydrogens is 1930 g/mol. The van der Waals surface area contributed by atoms with Gasteiger partial charge in [0.05, 0.1) is 72.5 Å². The van der Waals surface area contributed by atoms with E-state index in [1.807, 2.05) is 246 Å². The fourth-order valence-electron chi connectivity index (χ4n) is 16.6. The maximum atomic E-state index is 13.2. The SMILES string of the molecule is C(=C\c1ccc2ccccc2n1)/c1ccccc1.CCN1/C(=C/C=C2\C(=O)ON=C2c2ccccc2)C=Cc2ccccc21.CCN1C(=O)/C(=C(C)\C=C2/Sc3ccccc3N2CC)SC1=S.CCN1C=C/C(=C\C=c2\s/c(=C\c3oc4ccccc4[n+]3CC)n(CC)c2=O)c2ccccc21.CN(C)c1ccc(/C=C/c2ccc3ccccc3n2)cc1.COc1cc(/C=C/c2ccc3ccccc3n2)ccc1O.[Br-]. The molecule has 0 saturated carbocycles. The van der Waals surface area contributed by atoms with E-state index in [4.69, 9.17) is 26.2 Å². The van der Waals surface area contributed by atoms with Gasteiger partial charge in [-0.05, 0) is 228 Å². The minimum absolute atomic E-state index is 0. The number of benzene rings is 11. The molecule has 23 heteroatoms. The molecule has 5 aliphatic heterocycles. The summed E-state index contributed by atoms with van der Waals surface area (Å²) in [6, 6.07) is 103. The van der Waals surface area contributed by atoms with Gasteiger partial charge in [0.2, 0.25) is 5.58 Å². The molecule has 1 saturated heterocycles. The third kappa shape index (κ3) is 25.1. The van der Waals surface area contributed by atoms with Crippen LogP contribution >= 0.6 is 47.1 Å². The summed E-state index contributed by atoms with van der Waals surface area (Å²) in [7, 11) is 5.63. The number of thiocarbonyl (C=S) groups is 1. The lowest BCUT2D eigenvalue weighted by Gasteiger charge is -2.29. The number of anilines is 4. The molecule has 0 radical (unpaired) electrons. The van der Waals surface area contributed by atoms with Gasteiger partial charge in [0, 0.05) is 114 Å². The number of aromatic nitrogens is 5. The molecule has 18 nitrogen and oxygen atoms in total. The van der Waals surface area contributed by atoms with E-state index >= 15 is 0 Å². The van der Waals surface area contributed by atoms with Crippen LogP contribution in [0.2, 0.25) is 0 Å². The lowest BCUT2D eigenvalue weighted by atomic mass is 9.99. The van der Waals surface area contributed by atoms with Gasteiger partial charge in [0.25, 0.3) is 17.0 Å². The molecule has 0 spiro atoms. The van der Waals surface area contributed by atoms with E-state index in [0.717, 1.165) is 130 Å². The molecule has 11 aromatic carbocycles. The van der Waals surface area contributed by atoms with Gasteiger partial charge in [-0.2, -0.15) is 4.57 Å². The Morgan fingerprint density at radius 1 is 0.521 bits per heavy atom. The number of phenolic OH excluding ortho intramolecular Hbond substituents is 1. The summed E-state index contributed by atoms with van der Waals surface area (Å²) in [5.74, 6) is 0.951. The molecule has 722 valence electrons. The van der Waals surface area contributed by atoms with Gasteiger partial charge in [-0.1, -0.05) is 284 Å². The maximum Gasteiger partial charge on any atom is 0.377 e. The molecule has 5 aromatic heterocycles. The number of phenols is 1. The van der Waals surface area contributed by atoms with E-state index in [0.29, 0.717) is 39.0 Å². The van der Waals surface area contributed by atoms with Gasteiger partial charge in [-0.3, -0.25) is 19.1 Å². The van der Waals surface area contributed by atoms with Crippen LogP contribution < -0.4 is 60.6 Å². The molecule has 0 unspecified atom stereocenters. The number of thiazole rings is 1. The van der Waals surface area contributed by atoms with Crippen LogP contribution in [0.15, 0.2) is 398 Å². The first kappa shape index (κ1) is 103. The van der Waals surface area contributed by atoms with Crippen LogP contribution in [0.4, 0.5) is 22.7 Å². The highest BCUT2D eigenvalue weighted by Crippen LogP contribution is 2.47. The first-order valence-electron chi connectivity index (χ1n) is 47.6. The number of carbonyl (C=O) groups is 2. The molecule has 5 aliphatic rings. The maximum absolute atomic E-state index is 13.2. The van der Waals surface area contributed by atoms with Gasteiger partial charge >= 0.3 is 11.9 Å². The van der Waals surface area contributed by atoms with Crippen molar-refractivity contribution in [1.82, 2.24) is 24.4 Å².